The van der Waals surface area contributed by atoms with Gasteiger partial charge in [0.25, 0.3) is 5.91 Å². The number of nitriles is 1. The molecule has 3 aromatic carbocycles. The van der Waals surface area contributed by atoms with Gasteiger partial charge in [-0.3, -0.25) is 4.79 Å². The standard InChI is InChI=1S/C25H19Cl2IN2O3/c1-32-23-12-18(9-19(13-29)25(31)30-14-16-5-3-2-4-6-16)11-22(28)24(23)33-15-17-7-8-20(26)21(27)10-17/h2-12H,14-15H2,1H3,(H,30,31)/b19-9-. The van der Waals surface area contributed by atoms with Gasteiger partial charge in [-0.25, -0.2) is 0 Å². The maximum atomic E-state index is 12.5. The summed E-state index contributed by atoms with van der Waals surface area (Å²) in [6.07, 6.45) is 1.52. The number of nitrogens with one attached hydrogen (secondary N) is 1. The first kappa shape index (κ1) is 24.9. The molecule has 0 aliphatic carbocycles. The van der Waals surface area contributed by atoms with E-state index in [4.69, 9.17) is 32.7 Å². The smallest absolute Gasteiger partial charge is 0.262 e. The topological polar surface area (TPSA) is 71.3 Å². The number of nitrogens with zero attached hydrogens (tertiary/aromatic N) is 1. The van der Waals surface area contributed by atoms with Gasteiger partial charge in [-0.05, 0) is 69.6 Å². The van der Waals surface area contributed by atoms with E-state index in [1.807, 2.05) is 48.5 Å². The summed E-state index contributed by atoms with van der Waals surface area (Å²) < 4.78 is 12.2. The molecule has 0 aromatic heterocycles. The molecule has 168 valence electrons. The van der Waals surface area contributed by atoms with E-state index in [9.17, 15) is 10.1 Å². The zero-order valence-electron chi connectivity index (χ0n) is 17.6. The minimum atomic E-state index is -0.449. The Kier molecular flexibility index (Phi) is 9.01. The molecule has 1 N–H and O–H groups in total. The number of halogens is 3. The minimum Gasteiger partial charge on any atom is -0.493 e. The molecule has 0 spiro atoms. The maximum Gasteiger partial charge on any atom is 0.262 e. The molecule has 0 aliphatic heterocycles. The van der Waals surface area contributed by atoms with E-state index >= 15 is 0 Å². The van der Waals surface area contributed by atoms with E-state index in [2.05, 4.69) is 27.9 Å². The third kappa shape index (κ3) is 6.87. The number of methoxy groups -OCH3 is 1. The molecule has 0 bridgehead atoms. The predicted octanol–water partition coefficient (Wildman–Crippen LogP) is 6.41. The van der Waals surface area contributed by atoms with Crippen LogP contribution in [0.2, 0.25) is 10.0 Å². The number of rotatable bonds is 8. The lowest BCUT2D eigenvalue weighted by Gasteiger charge is -2.14. The van der Waals surface area contributed by atoms with Crippen molar-refractivity contribution in [2.45, 2.75) is 13.2 Å². The van der Waals surface area contributed by atoms with Crippen LogP contribution in [0.15, 0.2) is 66.2 Å². The molecule has 0 saturated carbocycles. The quantitative estimate of drug-likeness (QED) is 0.186. The van der Waals surface area contributed by atoms with Gasteiger partial charge in [0.15, 0.2) is 11.5 Å². The van der Waals surface area contributed by atoms with Crippen LogP contribution < -0.4 is 14.8 Å². The van der Waals surface area contributed by atoms with Crippen molar-refractivity contribution in [3.05, 3.63) is 96.5 Å². The average molecular weight is 593 g/mol. The summed E-state index contributed by atoms with van der Waals surface area (Å²) in [5.74, 6) is 0.582. The zero-order chi connectivity index (χ0) is 23.8. The lowest BCUT2D eigenvalue weighted by atomic mass is 10.1. The van der Waals surface area contributed by atoms with Gasteiger partial charge in [-0.2, -0.15) is 5.26 Å². The van der Waals surface area contributed by atoms with E-state index in [1.165, 1.54) is 13.2 Å². The van der Waals surface area contributed by atoms with E-state index in [-0.39, 0.29) is 12.2 Å². The summed E-state index contributed by atoms with van der Waals surface area (Å²) in [5, 5.41) is 13.2. The fraction of sp³-hybridized carbons (Fsp3) is 0.120. The summed E-state index contributed by atoms with van der Waals surface area (Å²) in [6.45, 7) is 0.602. The van der Waals surface area contributed by atoms with Crippen LogP contribution in [0, 0.1) is 14.9 Å². The van der Waals surface area contributed by atoms with Crippen LogP contribution in [0.4, 0.5) is 0 Å². The highest BCUT2D eigenvalue weighted by atomic mass is 127. The minimum absolute atomic E-state index is 0.00624. The first-order valence-electron chi connectivity index (χ1n) is 9.79. The van der Waals surface area contributed by atoms with Crippen molar-refractivity contribution in [2.24, 2.45) is 0 Å². The normalized spacial score (nSPS) is 10.9. The third-order valence-corrected chi connectivity index (χ3v) is 6.13. The van der Waals surface area contributed by atoms with Crippen LogP contribution in [-0.4, -0.2) is 13.0 Å². The molecule has 0 aliphatic rings. The van der Waals surface area contributed by atoms with Gasteiger partial charge in [0.2, 0.25) is 0 Å². The van der Waals surface area contributed by atoms with Crippen molar-refractivity contribution in [1.29, 1.82) is 5.26 Å². The summed E-state index contributed by atoms with van der Waals surface area (Å²) >= 11 is 14.2. The highest BCUT2D eigenvalue weighted by Crippen LogP contribution is 2.35. The Morgan fingerprint density at radius 3 is 2.52 bits per heavy atom. The lowest BCUT2D eigenvalue weighted by molar-refractivity contribution is -0.117. The maximum absolute atomic E-state index is 12.5. The van der Waals surface area contributed by atoms with Gasteiger partial charge >= 0.3 is 0 Å². The summed E-state index contributed by atoms with van der Waals surface area (Å²) in [6, 6.07) is 20.3. The number of ether oxygens (including phenoxy) is 2. The number of carbonyl (C=O) groups is 1. The van der Waals surface area contributed by atoms with Crippen LogP contribution in [0.5, 0.6) is 11.5 Å². The molecular formula is C25H19Cl2IN2O3. The second-order valence-electron chi connectivity index (χ2n) is 6.91. The molecule has 3 rings (SSSR count). The van der Waals surface area contributed by atoms with Crippen LogP contribution in [0.25, 0.3) is 6.08 Å². The Labute approximate surface area is 216 Å². The fourth-order valence-electron chi connectivity index (χ4n) is 2.94. The molecule has 0 saturated heterocycles. The van der Waals surface area contributed by atoms with Crippen LogP contribution in [-0.2, 0) is 17.9 Å². The Morgan fingerprint density at radius 2 is 1.85 bits per heavy atom. The van der Waals surface area contributed by atoms with Gasteiger partial charge in [0.05, 0.1) is 20.7 Å². The molecule has 0 atom stereocenters. The van der Waals surface area contributed by atoms with Crippen molar-refractivity contribution in [3.63, 3.8) is 0 Å². The molecule has 0 heterocycles. The van der Waals surface area contributed by atoms with Crippen molar-refractivity contribution >= 4 is 57.8 Å². The predicted molar refractivity (Wildman–Crippen MR) is 138 cm³/mol. The molecular weight excluding hydrogens is 574 g/mol. The molecule has 5 nitrogen and oxygen atoms in total. The second kappa shape index (κ2) is 11.9. The third-order valence-electron chi connectivity index (χ3n) is 4.59. The van der Waals surface area contributed by atoms with E-state index < -0.39 is 5.91 Å². The van der Waals surface area contributed by atoms with Crippen molar-refractivity contribution in [2.75, 3.05) is 7.11 Å². The molecule has 0 unspecified atom stereocenters. The number of benzene rings is 3. The van der Waals surface area contributed by atoms with Crippen LogP contribution in [0.1, 0.15) is 16.7 Å². The highest BCUT2D eigenvalue weighted by molar-refractivity contribution is 14.1. The van der Waals surface area contributed by atoms with Gasteiger partial charge in [-0.1, -0.05) is 59.6 Å². The summed E-state index contributed by atoms with van der Waals surface area (Å²) in [5.41, 5.74) is 2.44. The fourth-order valence-corrected chi connectivity index (χ4v) is 4.04. The molecule has 3 aromatic rings. The SMILES string of the molecule is COc1cc(/C=C(/C#N)C(=O)NCc2ccccc2)cc(I)c1OCc1ccc(Cl)c(Cl)c1. The number of carbonyl (C=O) groups excluding carboxylic acids is 1. The van der Waals surface area contributed by atoms with Crippen LogP contribution in [0.3, 0.4) is 0 Å². The average Bonchev–Trinajstić information content (AvgIpc) is 2.82. The van der Waals surface area contributed by atoms with Gasteiger partial charge in [0.1, 0.15) is 18.2 Å². The number of hydrogen-bond donors (Lipinski definition) is 1. The highest BCUT2D eigenvalue weighted by Gasteiger charge is 2.14. The van der Waals surface area contributed by atoms with Crippen molar-refractivity contribution in [3.8, 4) is 17.6 Å². The first-order valence-corrected chi connectivity index (χ1v) is 11.6. The van der Waals surface area contributed by atoms with Gasteiger partial charge in [0, 0.05) is 6.54 Å². The summed E-state index contributed by atoms with van der Waals surface area (Å²) in [7, 11) is 1.53. The summed E-state index contributed by atoms with van der Waals surface area (Å²) in [4.78, 5) is 12.5. The first-order chi connectivity index (χ1) is 15.9. The van der Waals surface area contributed by atoms with Gasteiger partial charge in [-0.15, -0.1) is 0 Å². The van der Waals surface area contributed by atoms with Crippen LogP contribution >= 0.6 is 45.8 Å². The largest absolute Gasteiger partial charge is 0.493 e. The molecule has 8 heteroatoms. The van der Waals surface area contributed by atoms with Crippen molar-refractivity contribution < 1.29 is 14.3 Å². The van der Waals surface area contributed by atoms with Crippen molar-refractivity contribution in [1.82, 2.24) is 5.32 Å². The number of amides is 1. The monoisotopic (exact) mass is 592 g/mol. The zero-order valence-corrected chi connectivity index (χ0v) is 21.2. The number of hydrogen-bond acceptors (Lipinski definition) is 4. The lowest BCUT2D eigenvalue weighted by Crippen LogP contribution is -2.23. The Hall–Kier alpha value is -2.73. The van der Waals surface area contributed by atoms with E-state index in [0.717, 1.165) is 14.7 Å². The van der Waals surface area contributed by atoms with Gasteiger partial charge < -0.3 is 14.8 Å². The molecule has 33 heavy (non-hydrogen) atoms. The molecule has 1 amide bonds. The van der Waals surface area contributed by atoms with E-state index in [0.29, 0.717) is 33.7 Å². The Morgan fingerprint density at radius 1 is 1.09 bits per heavy atom. The Bertz CT molecular complexity index is 1220. The van der Waals surface area contributed by atoms with E-state index in [1.54, 1.807) is 18.2 Å². The molecule has 0 radical (unpaired) electrons. The Balaban J connectivity index is 1.76. The second-order valence-corrected chi connectivity index (χ2v) is 8.89. The molecule has 0 fully saturated rings.